The first kappa shape index (κ1) is 77.1. The molecule has 0 nitrogen and oxygen atoms in total. The predicted octanol–water partition coefficient (Wildman–Crippen LogP) is 22.7. The van der Waals surface area contributed by atoms with E-state index in [2.05, 4.69) is 0 Å². The molecule has 0 N–H and O–H groups in total. The summed E-state index contributed by atoms with van der Waals surface area (Å²) in [4.78, 5) is 0. The Bertz CT molecular complexity index is 2530. The van der Waals surface area contributed by atoms with Crippen molar-refractivity contribution in [3.63, 3.8) is 0 Å². The molecule has 6 aliphatic carbocycles. The van der Waals surface area contributed by atoms with Crippen LogP contribution in [0.1, 0.15) is 205 Å². The summed E-state index contributed by atoms with van der Waals surface area (Å²) in [6.45, 7) is 0. The topological polar surface area (TPSA) is 0 Å². The van der Waals surface area contributed by atoms with Crippen molar-refractivity contribution in [1.29, 1.82) is 0 Å². The SMILES string of the molecule is C1CC2CCC1C2.C1CCC(P(CCP(C2CCCCC2)C2CCCCC2)C2CCCCC2)CC1.FC(F)(F)c1cc([B-](c2cc(C(F)(F)F)cc(C(F)(F)F)c2)(c2cc(C(F)(F)F)cc(C(F)(F)F)c2)c2cc(C(F)(F)F)cc(C(F)(F)F)c2)cc(C(F)(F)F)c1.[Rh]. The minimum Gasteiger partial charge on any atom is -0.194 e. The summed E-state index contributed by atoms with van der Waals surface area (Å²) in [6, 6.07) is -8.81. The van der Waals surface area contributed by atoms with Crippen LogP contribution in [0, 0.1) is 11.8 Å². The van der Waals surface area contributed by atoms with Gasteiger partial charge in [-0.1, -0.05) is 167 Å². The van der Waals surface area contributed by atoms with Gasteiger partial charge in [-0.05, 0) is 129 Å². The Hall–Kier alpha value is -3.25. The molecular weight excluding hydrogens is 1410 g/mol. The van der Waals surface area contributed by atoms with Gasteiger partial charge in [-0.15, -0.1) is 0 Å². The maximum atomic E-state index is 14.2. The fourth-order valence-corrected chi connectivity index (χ4v) is 24.1. The van der Waals surface area contributed by atoms with Crippen LogP contribution in [0.5, 0.6) is 0 Å². The van der Waals surface area contributed by atoms with E-state index in [9.17, 15) is 105 Å². The van der Waals surface area contributed by atoms with Crippen LogP contribution in [-0.2, 0) is 68.9 Å². The second kappa shape index (κ2) is 30.5. The molecule has 0 spiro atoms. The van der Waals surface area contributed by atoms with Gasteiger partial charge in [0.05, 0.1) is 44.5 Å². The molecule has 28 heteroatoms. The third-order valence-corrected chi connectivity index (χ3v) is 27.5. The van der Waals surface area contributed by atoms with Gasteiger partial charge in [0.2, 0.25) is 0 Å². The molecule has 93 heavy (non-hydrogen) atoms. The Morgan fingerprint density at radius 1 is 0.247 bits per heavy atom. The summed E-state index contributed by atoms with van der Waals surface area (Å²) in [5, 5.41) is 0. The third kappa shape index (κ3) is 19.8. The number of hydrogen-bond acceptors (Lipinski definition) is 0. The zero-order valence-electron chi connectivity index (χ0n) is 50.4. The van der Waals surface area contributed by atoms with Gasteiger partial charge in [-0.2, -0.15) is 127 Å². The molecule has 0 aromatic heterocycles. The maximum absolute atomic E-state index is 14.2. The minimum absolute atomic E-state index is 0. The fraction of sp³-hybridized carbons (Fsp3) is 0.631. The Balaban J connectivity index is 0.000000277. The second-order valence-electron chi connectivity index (χ2n) is 26.0. The Morgan fingerprint density at radius 2 is 0.409 bits per heavy atom. The van der Waals surface area contributed by atoms with Gasteiger partial charge in [-0.25, -0.2) is 0 Å². The number of alkyl halides is 24. The van der Waals surface area contributed by atoms with Crippen molar-refractivity contribution >= 4 is 43.8 Å². The van der Waals surface area contributed by atoms with Crippen molar-refractivity contribution in [3.8, 4) is 0 Å². The van der Waals surface area contributed by atoms with Gasteiger partial charge in [0.1, 0.15) is 6.15 Å². The first-order chi connectivity index (χ1) is 42.6. The van der Waals surface area contributed by atoms with E-state index in [1.807, 2.05) is 0 Å². The van der Waals surface area contributed by atoms with Crippen LogP contribution in [0.3, 0.4) is 0 Å². The maximum Gasteiger partial charge on any atom is 0.416 e. The van der Waals surface area contributed by atoms with Crippen molar-refractivity contribution in [2.75, 3.05) is 12.3 Å². The van der Waals surface area contributed by atoms with E-state index in [1.165, 1.54) is 34.5 Å². The quantitative estimate of drug-likeness (QED) is 0.0798. The standard InChI is InChI=1S/C32H12BF24.C26H48P2.C7H12.Rh/c34-25(35,36)13-1-14(26(37,38)39)6-21(5-13)33(22-7-15(27(40,41)42)2-16(8-22)28(43,44)45,23-9-17(29(46,47)48)3-18(10-23)30(49,50)51)24-11-19(31(52,53)54)4-20(12-24)32(55,56)57;1-5-13-23(14-6-1)27(24-15-7-2-8-16-24)21-22-28(25-17-9-3-10-18-25)26-19-11-4-12-20-26;1-2-7-4-3-6(1)5-7;/h1-12H;23-26H,1-22H2;6-7H,1-5H2;/q-1;;;. The van der Waals surface area contributed by atoms with Gasteiger partial charge >= 0.3 is 49.4 Å². The molecule has 10 rings (SSSR count). The predicted molar refractivity (Wildman–Crippen MR) is 311 cm³/mol. The van der Waals surface area contributed by atoms with E-state index >= 15 is 0 Å². The monoisotopic (exact) mass is 1480 g/mol. The van der Waals surface area contributed by atoms with E-state index < -0.39 is 195 Å². The molecule has 0 heterocycles. The van der Waals surface area contributed by atoms with Gasteiger partial charge in [0.15, 0.2) is 0 Å². The van der Waals surface area contributed by atoms with Gasteiger partial charge in [0, 0.05) is 19.5 Å². The minimum atomic E-state index is -6.13. The molecular formula is C65H72BF24P2Rh-. The molecule has 0 unspecified atom stereocenters. The van der Waals surface area contributed by atoms with E-state index in [-0.39, 0.29) is 19.5 Å². The van der Waals surface area contributed by atoms with Crippen LogP contribution in [0.4, 0.5) is 105 Å². The fourth-order valence-electron chi connectivity index (χ4n) is 15.5. The molecule has 0 saturated heterocycles. The van der Waals surface area contributed by atoms with Crippen molar-refractivity contribution < 1.29 is 125 Å². The molecule has 6 fully saturated rings. The average Bonchev–Trinajstić information content (AvgIpc) is 1.28. The van der Waals surface area contributed by atoms with Crippen LogP contribution in [0.15, 0.2) is 72.8 Å². The van der Waals surface area contributed by atoms with Gasteiger partial charge in [0.25, 0.3) is 0 Å². The molecule has 523 valence electrons. The number of halogens is 24. The van der Waals surface area contributed by atoms with Crippen LogP contribution < -0.4 is 21.9 Å². The van der Waals surface area contributed by atoms with Crippen LogP contribution in [-0.4, -0.2) is 41.1 Å². The van der Waals surface area contributed by atoms with Crippen LogP contribution in [0.25, 0.3) is 0 Å². The summed E-state index contributed by atoms with van der Waals surface area (Å²) >= 11 is 0. The van der Waals surface area contributed by atoms with E-state index in [1.54, 1.807) is 173 Å². The molecule has 0 amide bonds. The molecule has 1 radical (unpaired) electrons. The first-order valence-electron chi connectivity index (χ1n) is 31.5. The van der Waals surface area contributed by atoms with E-state index in [0.29, 0.717) is 15.8 Å². The summed E-state index contributed by atoms with van der Waals surface area (Å²) in [7, 11) is 0.689. The third-order valence-electron chi connectivity index (χ3n) is 19.9. The van der Waals surface area contributed by atoms with Crippen molar-refractivity contribution in [1.82, 2.24) is 0 Å². The summed E-state index contributed by atoms with van der Waals surface area (Å²) in [5.41, 5.74) is -25.5. The number of rotatable bonds is 11. The summed E-state index contributed by atoms with van der Waals surface area (Å²) < 4.78 is 341. The number of benzene rings is 4. The molecule has 0 atom stereocenters. The molecule has 6 aliphatic rings. The number of fused-ring (bicyclic) bond motifs is 2. The van der Waals surface area contributed by atoms with Gasteiger partial charge < -0.3 is 0 Å². The normalized spacial score (nSPS) is 20.7. The Morgan fingerprint density at radius 3 is 0.538 bits per heavy atom. The molecule has 4 aromatic carbocycles. The van der Waals surface area contributed by atoms with Crippen molar-refractivity contribution in [3.05, 3.63) is 117 Å². The van der Waals surface area contributed by atoms with Crippen molar-refractivity contribution in [2.45, 2.75) is 233 Å². The Labute approximate surface area is 540 Å². The van der Waals surface area contributed by atoms with E-state index in [0.717, 1.165) is 0 Å². The van der Waals surface area contributed by atoms with Crippen LogP contribution >= 0.6 is 15.8 Å². The van der Waals surface area contributed by atoms with Crippen LogP contribution in [0.2, 0.25) is 0 Å². The Kier molecular flexibility index (Phi) is 25.3. The molecule has 6 saturated carbocycles. The summed E-state index contributed by atoms with van der Waals surface area (Å²) in [6.07, 6.45) is -11.9. The molecule has 2 bridgehead atoms. The first-order valence-corrected chi connectivity index (χ1v) is 34.8. The average molecular weight is 1480 g/mol. The van der Waals surface area contributed by atoms with Gasteiger partial charge in [-0.3, -0.25) is 0 Å². The second-order valence-corrected chi connectivity index (χ2v) is 31.9. The van der Waals surface area contributed by atoms with Crippen molar-refractivity contribution in [2.24, 2.45) is 11.8 Å². The zero-order valence-corrected chi connectivity index (χ0v) is 53.8. The largest absolute Gasteiger partial charge is 0.416 e. The number of hydrogen-bond donors (Lipinski definition) is 0. The zero-order chi connectivity index (χ0) is 67.6. The van der Waals surface area contributed by atoms with E-state index in [4.69, 9.17) is 0 Å². The molecule has 0 aliphatic heterocycles. The summed E-state index contributed by atoms with van der Waals surface area (Å²) in [5.74, 6) is 2.34. The smallest absolute Gasteiger partial charge is 0.194 e. The molecule has 4 aromatic rings.